The number of para-hydroxylation sites is 1. The Labute approximate surface area is 209 Å². The number of amides is 1. The highest BCUT2D eigenvalue weighted by Crippen LogP contribution is 2.33. The van der Waals surface area contributed by atoms with Crippen LogP contribution in [-0.2, 0) is 17.8 Å². The van der Waals surface area contributed by atoms with Crippen LogP contribution in [0.15, 0.2) is 42.5 Å². The van der Waals surface area contributed by atoms with Crippen LogP contribution in [-0.4, -0.2) is 51.9 Å². The van der Waals surface area contributed by atoms with Crippen LogP contribution in [0.4, 0.5) is 0 Å². The summed E-state index contributed by atoms with van der Waals surface area (Å²) in [5.74, 6) is 0.617. The summed E-state index contributed by atoms with van der Waals surface area (Å²) in [7, 11) is 0. The van der Waals surface area contributed by atoms with Crippen molar-refractivity contribution in [1.29, 1.82) is 0 Å². The fourth-order valence-corrected chi connectivity index (χ4v) is 5.77. The van der Waals surface area contributed by atoms with Crippen molar-refractivity contribution in [3.05, 3.63) is 63.8 Å². The number of nitrogens with zero attached hydrogens (tertiary/aromatic N) is 3. The van der Waals surface area contributed by atoms with Crippen LogP contribution in [0, 0.1) is 5.92 Å². The van der Waals surface area contributed by atoms with Crippen molar-refractivity contribution in [3.63, 3.8) is 0 Å². The van der Waals surface area contributed by atoms with E-state index >= 15 is 0 Å². The van der Waals surface area contributed by atoms with Crippen molar-refractivity contribution in [2.45, 2.75) is 56.9 Å². The summed E-state index contributed by atoms with van der Waals surface area (Å²) in [4.78, 5) is 15.8. The molecule has 2 aromatic carbocycles. The zero-order valence-corrected chi connectivity index (χ0v) is 20.4. The summed E-state index contributed by atoms with van der Waals surface area (Å²) < 4.78 is 7.89. The zero-order valence-electron chi connectivity index (χ0n) is 18.9. The minimum Gasteiger partial charge on any atom is -0.378 e. The van der Waals surface area contributed by atoms with Crippen molar-refractivity contribution in [3.8, 4) is 0 Å². The molecule has 6 nitrogen and oxygen atoms in total. The molecular weight excluding hydrogens is 471 g/mol. The Bertz CT molecular complexity index is 1210. The third kappa shape index (κ3) is 4.44. The molecule has 1 aromatic heterocycles. The highest BCUT2D eigenvalue weighted by Gasteiger charge is 2.39. The third-order valence-corrected chi connectivity index (χ3v) is 8.10. The molecule has 2 bridgehead atoms. The summed E-state index contributed by atoms with van der Waals surface area (Å²) in [6.45, 7) is 3.03. The van der Waals surface area contributed by atoms with Gasteiger partial charge in [-0.1, -0.05) is 47.5 Å². The normalized spacial score (nSPS) is 24.9. The number of hydrogen-bond donors (Lipinski definition) is 1. The average molecular weight is 499 g/mol. The van der Waals surface area contributed by atoms with Crippen molar-refractivity contribution >= 4 is 40.0 Å². The molecule has 3 fully saturated rings. The number of piperidine rings is 1. The number of hydrogen-bond acceptors (Lipinski definition) is 4. The molecule has 3 aliphatic rings. The number of nitrogens with one attached hydrogen (secondary N) is 1. The number of halogens is 2. The van der Waals surface area contributed by atoms with Crippen LogP contribution >= 0.6 is 23.2 Å². The van der Waals surface area contributed by atoms with Crippen LogP contribution in [0.5, 0.6) is 0 Å². The molecule has 8 heteroatoms. The van der Waals surface area contributed by atoms with E-state index in [1.807, 2.05) is 41.1 Å². The topological polar surface area (TPSA) is 59.4 Å². The molecule has 6 rings (SSSR count). The van der Waals surface area contributed by atoms with Gasteiger partial charge in [0, 0.05) is 36.6 Å². The Hall–Kier alpha value is -2.12. The Morgan fingerprint density at radius 2 is 1.82 bits per heavy atom. The molecule has 0 radical (unpaired) electrons. The minimum atomic E-state index is -0.0762. The van der Waals surface area contributed by atoms with Gasteiger partial charge in [-0.2, -0.15) is 5.10 Å². The third-order valence-electron chi connectivity index (χ3n) is 7.36. The zero-order chi connectivity index (χ0) is 23.2. The minimum absolute atomic E-state index is 0.0762. The van der Waals surface area contributed by atoms with Crippen LogP contribution in [0.2, 0.25) is 10.0 Å². The van der Waals surface area contributed by atoms with E-state index in [2.05, 4.69) is 16.3 Å². The molecule has 2 aliphatic heterocycles. The first-order valence-electron chi connectivity index (χ1n) is 12.1. The lowest BCUT2D eigenvalue weighted by Gasteiger charge is -2.48. The fraction of sp³-hybridized carbons (Fsp3) is 0.462. The van der Waals surface area contributed by atoms with E-state index in [0.29, 0.717) is 34.9 Å². The van der Waals surface area contributed by atoms with E-state index in [1.165, 1.54) is 12.8 Å². The summed E-state index contributed by atoms with van der Waals surface area (Å²) in [5.41, 5.74) is 2.72. The van der Waals surface area contributed by atoms with E-state index in [4.69, 9.17) is 33.0 Å². The van der Waals surface area contributed by atoms with Crippen LogP contribution in [0.25, 0.3) is 10.9 Å². The molecule has 2 saturated heterocycles. The van der Waals surface area contributed by atoms with E-state index in [9.17, 15) is 4.79 Å². The monoisotopic (exact) mass is 498 g/mol. The number of benzene rings is 2. The lowest BCUT2D eigenvalue weighted by molar-refractivity contribution is -0.0843. The highest BCUT2D eigenvalue weighted by molar-refractivity contribution is 6.42. The second kappa shape index (κ2) is 9.15. The van der Waals surface area contributed by atoms with Gasteiger partial charge >= 0.3 is 0 Å². The quantitative estimate of drug-likeness (QED) is 0.524. The Balaban J connectivity index is 1.17. The van der Waals surface area contributed by atoms with Gasteiger partial charge in [-0.15, -0.1) is 0 Å². The number of rotatable bonds is 6. The molecule has 0 spiro atoms. The smallest absolute Gasteiger partial charge is 0.272 e. The Kier molecular flexibility index (Phi) is 6.02. The number of ether oxygens (including phenoxy) is 1. The summed E-state index contributed by atoms with van der Waals surface area (Å²) in [6.07, 6.45) is 4.21. The molecule has 3 aromatic rings. The van der Waals surface area contributed by atoms with E-state index in [0.717, 1.165) is 42.4 Å². The molecule has 178 valence electrons. The summed E-state index contributed by atoms with van der Waals surface area (Å²) in [6, 6.07) is 14.5. The standard InChI is InChI=1S/C26H28Cl2N4O2/c27-22-8-7-17(9-23(22)28)12-31-19-10-18(11-20(31)15-34-14-19)29-26(33)25-21-3-1-2-4-24(21)32(30-25)13-16-5-6-16/h1-4,7-9,16,18-20H,5-6,10-15H2,(H,29,33)/t18?,19-,20+. The first kappa shape index (κ1) is 22.4. The number of carbonyl (C=O) groups excluding carboxylic acids is 1. The molecule has 1 unspecified atom stereocenters. The van der Waals surface area contributed by atoms with Crippen LogP contribution in [0.3, 0.4) is 0 Å². The molecule has 1 saturated carbocycles. The molecule has 1 amide bonds. The summed E-state index contributed by atoms with van der Waals surface area (Å²) >= 11 is 12.3. The van der Waals surface area contributed by atoms with Crippen molar-refractivity contribution in [2.24, 2.45) is 5.92 Å². The second-order valence-electron chi connectivity index (χ2n) is 9.90. The lowest BCUT2D eigenvalue weighted by Crippen LogP contribution is -2.60. The Morgan fingerprint density at radius 1 is 1.06 bits per heavy atom. The van der Waals surface area contributed by atoms with Gasteiger partial charge < -0.3 is 10.1 Å². The van der Waals surface area contributed by atoms with E-state index in [1.54, 1.807) is 0 Å². The van der Waals surface area contributed by atoms with Gasteiger partial charge in [0.1, 0.15) is 0 Å². The maximum Gasteiger partial charge on any atom is 0.272 e. The SMILES string of the molecule is O=C(NC1C[C@H]2COC[C@@H](C1)N2Cc1ccc(Cl)c(Cl)c1)c1nn(CC2CC2)c2ccccc12. The second-order valence-corrected chi connectivity index (χ2v) is 10.7. The predicted molar refractivity (Wildman–Crippen MR) is 133 cm³/mol. The Morgan fingerprint density at radius 3 is 2.56 bits per heavy atom. The van der Waals surface area contributed by atoms with Crippen LogP contribution < -0.4 is 5.32 Å². The molecule has 3 heterocycles. The fourth-order valence-electron chi connectivity index (χ4n) is 5.45. The number of fused-ring (bicyclic) bond motifs is 3. The highest BCUT2D eigenvalue weighted by atomic mass is 35.5. The lowest BCUT2D eigenvalue weighted by atomic mass is 9.89. The van der Waals surface area contributed by atoms with Gasteiger partial charge in [0.2, 0.25) is 0 Å². The average Bonchev–Trinajstić information content (AvgIpc) is 3.56. The predicted octanol–water partition coefficient (Wildman–Crippen LogP) is 4.91. The molecule has 1 N–H and O–H groups in total. The van der Waals surface area contributed by atoms with Gasteiger partial charge in [-0.05, 0) is 55.4 Å². The maximum atomic E-state index is 13.3. The largest absolute Gasteiger partial charge is 0.378 e. The maximum absolute atomic E-state index is 13.3. The molecule has 1 aliphatic carbocycles. The van der Waals surface area contributed by atoms with Gasteiger partial charge in [-0.3, -0.25) is 14.4 Å². The van der Waals surface area contributed by atoms with Gasteiger partial charge in [0.05, 0.1) is 28.8 Å². The summed E-state index contributed by atoms with van der Waals surface area (Å²) in [5, 5.41) is 10.1. The van der Waals surface area contributed by atoms with Crippen molar-refractivity contribution < 1.29 is 9.53 Å². The van der Waals surface area contributed by atoms with Gasteiger partial charge in [-0.25, -0.2) is 0 Å². The van der Waals surface area contributed by atoms with Crippen molar-refractivity contribution in [1.82, 2.24) is 20.0 Å². The van der Waals surface area contributed by atoms with E-state index in [-0.39, 0.29) is 24.0 Å². The first-order valence-corrected chi connectivity index (χ1v) is 12.8. The number of aromatic nitrogens is 2. The first-order chi connectivity index (χ1) is 16.5. The van der Waals surface area contributed by atoms with Crippen molar-refractivity contribution in [2.75, 3.05) is 13.2 Å². The van der Waals surface area contributed by atoms with Crippen LogP contribution in [0.1, 0.15) is 41.7 Å². The number of morpholine rings is 1. The number of carbonyl (C=O) groups is 1. The molecule has 34 heavy (non-hydrogen) atoms. The molecule has 3 atom stereocenters. The van der Waals surface area contributed by atoms with Gasteiger partial charge in [0.15, 0.2) is 5.69 Å². The van der Waals surface area contributed by atoms with Gasteiger partial charge in [0.25, 0.3) is 5.91 Å². The molecular formula is C26H28Cl2N4O2. The van der Waals surface area contributed by atoms with E-state index < -0.39 is 0 Å².